The minimum absolute atomic E-state index is 0.00469. The van der Waals surface area contributed by atoms with Gasteiger partial charge in [0.1, 0.15) is 0 Å². The van der Waals surface area contributed by atoms with Crippen molar-refractivity contribution in [3.05, 3.63) is 24.3 Å². The van der Waals surface area contributed by atoms with Crippen LogP contribution in [-0.2, 0) is 14.3 Å². The summed E-state index contributed by atoms with van der Waals surface area (Å²) in [5.74, 6) is -0.0342. The van der Waals surface area contributed by atoms with E-state index < -0.39 is 12.1 Å². The topological polar surface area (TPSA) is 95.9 Å². The van der Waals surface area contributed by atoms with Gasteiger partial charge in [-0.2, -0.15) is 0 Å². The summed E-state index contributed by atoms with van der Waals surface area (Å²) in [5.41, 5.74) is 0. The smallest absolute Gasteiger partial charge is 0.305 e. The molecule has 426 valence electrons. The Labute approximate surface area is 450 Å². The van der Waals surface area contributed by atoms with Gasteiger partial charge in [-0.1, -0.05) is 295 Å². The normalized spacial score (nSPS) is 12.7. The number of nitrogens with one attached hydrogen (secondary N) is 1. The van der Waals surface area contributed by atoms with Gasteiger partial charge in [0.25, 0.3) is 0 Å². The molecule has 0 aliphatic rings. The van der Waals surface area contributed by atoms with E-state index in [1.165, 1.54) is 283 Å². The van der Waals surface area contributed by atoms with Gasteiger partial charge in [-0.05, 0) is 77.0 Å². The van der Waals surface area contributed by atoms with Crippen molar-refractivity contribution in [2.75, 3.05) is 13.2 Å². The van der Waals surface area contributed by atoms with Crippen molar-refractivity contribution in [1.29, 1.82) is 0 Å². The van der Waals surface area contributed by atoms with E-state index in [2.05, 4.69) is 43.5 Å². The molecular formula is C66H127NO5. The summed E-state index contributed by atoms with van der Waals surface area (Å²) >= 11 is 0. The van der Waals surface area contributed by atoms with Crippen LogP contribution in [-0.4, -0.2) is 47.4 Å². The lowest BCUT2D eigenvalue weighted by molar-refractivity contribution is -0.143. The Balaban J connectivity index is 3.40. The highest BCUT2D eigenvalue weighted by molar-refractivity contribution is 5.76. The first-order valence-electron chi connectivity index (χ1n) is 32.6. The first kappa shape index (κ1) is 70.3. The number of carbonyl (C=O) groups is 2. The number of amides is 1. The Morgan fingerprint density at radius 1 is 0.375 bits per heavy atom. The van der Waals surface area contributed by atoms with Gasteiger partial charge in [-0.15, -0.1) is 0 Å². The number of aliphatic hydroxyl groups is 2. The molecule has 6 heteroatoms. The third kappa shape index (κ3) is 57.6. The van der Waals surface area contributed by atoms with Crippen molar-refractivity contribution in [2.45, 2.75) is 373 Å². The molecule has 0 aromatic rings. The monoisotopic (exact) mass is 1010 g/mol. The van der Waals surface area contributed by atoms with Crippen molar-refractivity contribution < 1.29 is 24.5 Å². The predicted molar refractivity (Wildman–Crippen MR) is 315 cm³/mol. The van der Waals surface area contributed by atoms with Crippen LogP contribution in [0, 0.1) is 0 Å². The SMILES string of the molecule is CCCCCCCCC/C=C\CCCCCCCC(=O)OCCCCCCCCCCCCCC/C=C\CCCCCCCCCC(=O)NC(CO)C(O)CCCCCCCCCCCCCCCCCC. The van der Waals surface area contributed by atoms with Crippen LogP contribution >= 0.6 is 0 Å². The van der Waals surface area contributed by atoms with Gasteiger partial charge in [-0.3, -0.25) is 9.59 Å². The Hall–Kier alpha value is -1.66. The molecule has 2 atom stereocenters. The molecule has 0 rings (SSSR count). The summed E-state index contributed by atoms with van der Waals surface area (Å²) in [6, 6.07) is -0.546. The minimum atomic E-state index is -0.668. The van der Waals surface area contributed by atoms with Crippen LogP contribution in [0.5, 0.6) is 0 Å². The van der Waals surface area contributed by atoms with Crippen molar-refractivity contribution in [3.8, 4) is 0 Å². The van der Waals surface area contributed by atoms with Gasteiger partial charge >= 0.3 is 5.97 Å². The highest BCUT2D eigenvalue weighted by Crippen LogP contribution is 2.18. The Morgan fingerprint density at radius 3 is 0.986 bits per heavy atom. The molecule has 0 aromatic heterocycles. The molecule has 0 aliphatic carbocycles. The van der Waals surface area contributed by atoms with E-state index in [1.807, 2.05) is 0 Å². The van der Waals surface area contributed by atoms with Gasteiger partial charge < -0.3 is 20.3 Å². The number of hydrogen-bond donors (Lipinski definition) is 3. The number of unbranched alkanes of at least 4 members (excludes halogenated alkanes) is 46. The number of rotatable bonds is 61. The van der Waals surface area contributed by atoms with Gasteiger partial charge in [0.15, 0.2) is 0 Å². The largest absolute Gasteiger partial charge is 0.466 e. The zero-order chi connectivity index (χ0) is 52.2. The molecule has 6 nitrogen and oxygen atoms in total. The minimum Gasteiger partial charge on any atom is -0.466 e. The van der Waals surface area contributed by atoms with Crippen molar-refractivity contribution in [3.63, 3.8) is 0 Å². The summed E-state index contributed by atoms with van der Waals surface area (Å²) in [7, 11) is 0. The van der Waals surface area contributed by atoms with Crippen molar-refractivity contribution in [2.24, 2.45) is 0 Å². The number of ether oxygens (including phenoxy) is 1. The lowest BCUT2D eigenvalue weighted by atomic mass is 10.0. The lowest BCUT2D eigenvalue weighted by Gasteiger charge is -2.22. The zero-order valence-corrected chi connectivity index (χ0v) is 48.7. The summed E-state index contributed by atoms with van der Waals surface area (Å²) < 4.78 is 5.49. The van der Waals surface area contributed by atoms with Crippen LogP contribution < -0.4 is 5.32 Å². The third-order valence-electron chi connectivity index (χ3n) is 15.2. The number of carbonyl (C=O) groups excluding carboxylic acids is 2. The summed E-state index contributed by atoms with van der Waals surface area (Å²) in [6.45, 7) is 4.97. The molecule has 3 N–H and O–H groups in total. The number of hydrogen-bond acceptors (Lipinski definition) is 5. The fourth-order valence-electron chi connectivity index (χ4n) is 10.2. The Kier molecular flexibility index (Phi) is 60.5. The maximum atomic E-state index is 12.5. The van der Waals surface area contributed by atoms with Crippen LogP contribution in [0.25, 0.3) is 0 Å². The zero-order valence-electron chi connectivity index (χ0n) is 48.7. The fraction of sp³-hybridized carbons (Fsp3) is 0.909. The van der Waals surface area contributed by atoms with Crippen LogP contribution in [0.15, 0.2) is 24.3 Å². The lowest BCUT2D eigenvalue weighted by Crippen LogP contribution is -2.45. The van der Waals surface area contributed by atoms with Crippen LogP contribution in [0.3, 0.4) is 0 Å². The quantitative estimate of drug-likeness (QED) is 0.0320. The molecule has 1 amide bonds. The molecule has 72 heavy (non-hydrogen) atoms. The second-order valence-electron chi connectivity index (χ2n) is 22.4. The molecule has 0 aromatic carbocycles. The van der Waals surface area contributed by atoms with Gasteiger partial charge in [0.05, 0.1) is 25.4 Å². The van der Waals surface area contributed by atoms with Gasteiger partial charge in [0, 0.05) is 12.8 Å². The average Bonchev–Trinajstić information content (AvgIpc) is 3.38. The molecule has 0 saturated carbocycles. The maximum absolute atomic E-state index is 12.5. The molecular weight excluding hydrogens is 887 g/mol. The van der Waals surface area contributed by atoms with Crippen LogP contribution in [0.2, 0.25) is 0 Å². The molecule has 2 unspecified atom stereocenters. The first-order chi connectivity index (χ1) is 35.5. The van der Waals surface area contributed by atoms with E-state index >= 15 is 0 Å². The van der Waals surface area contributed by atoms with E-state index in [-0.39, 0.29) is 18.5 Å². The van der Waals surface area contributed by atoms with E-state index in [0.717, 1.165) is 44.9 Å². The molecule has 0 radical (unpaired) electrons. The van der Waals surface area contributed by atoms with Crippen LogP contribution in [0.4, 0.5) is 0 Å². The standard InChI is InChI=1S/C66H127NO5/c1-3-5-7-9-11-13-15-17-19-30-34-38-42-46-50-54-58-64(69)63(62-68)67-65(70)59-55-51-47-43-39-35-31-28-26-24-22-21-23-25-27-29-33-37-41-45-49-53-57-61-72-66(71)60-56-52-48-44-40-36-32-20-18-16-14-12-10-8-6-4-2/h20,24,26,32,63-64,68-69H,3-19,21-23,25,27-31,33-62H2,1-2H3,(H,67,70)/b26-24-,32-20-. The van der Waals surface area contributed by atoms with Crippen molar-refractivity contribution >= 4 is 11.9 Å². The molecule has 0 aliphatic heterocycles. The van der Waals surface area contributed by atoms with E-state index in [4.69, 9.17) is 4.74 Å². The van der Waals surface area contributed by atoms with E-state index in [9.17, 15) is 19.8 Å². The molecule has 0 heterocycles. The van der Waals surface area contributed by atoms with Gasteiger partial charge in [-0.25, -0.2) is 0 Å². The Bertz CT molecular complexity index is 1120. The van der Waals surface area contributed by atoms with Crippen LogP contribution in [0.1, 0.15) is 361 Å². The number of esters is 1. The highest BCUT2D eigenvalue weighted by Gasteiger charge is 2.20. The molecule has 0 bridgehead atoms. The van der Waals surface area contributed by atoms with E-state index in [1.54, 1.807) is 0 Å². The second kappa shape index (κ2) is 61.9. The summed E-state index contributed by atoms with van der Waals surface area (Å²) in [4.78, 5) is 24.6. The summed E-state index contributed by atoms with van der Waals surface area (Å²) in [6.07, 6.45) is 76.2. The second-order valence-corrected chi connectivity index (χ2v) is 22.4. The first-order valence-corrected chi connectivity index (χ1v) is 32.6. The number of allylic oxidation sites excluding steroid dienone is 4. The van der Waals surface area contributed by atoms with E-state index in [0.29, 0.717) is 25.9 Å². The highest BCUT2D eigenvalue weighted by atomic mass is 16.5. The fourth-order valence-corrected chi connectivity index (χ4v) is 10.2. The molecule has 0 fully saturated rings. The molecule has 0 saturated heterocycles. The average molecular weight is 1010 g/mol. The summed E-state index contributed by atoms with van der Waals surface area (Å²) in [5, 5.41) is 23.3. The number of aliphatic hydroxyl groups excluding tert-OH is 2. The van der Waals surface area contributed by atoms with Crippen molar-refractivity contribution in [1.82, 2.24) is 5.32 Å². The predicted octanol–water partition coefficient (Wildman–Crippen LogP) is 20.6. The third-order valence-corrected chi connectivity index (χ3v) is 15.2. The Morgan fingerprint density at radius 2 is 0.653 bits per heavy atom. The van der Waals surface area contributed by atoms with Gasteiger partial charge in [0.2, 0.25) is 5.91 Å². The maximum Gasteiger partial charge on any atom is 0.305 e. The molecule has 0 spiro atoms.